The Bertz CT molecular complexity index is 671. The average molecular weight is 336 g/mol. The smallest absolute Gasteiger partial charge is 0.337 e. The Kier molecular flexibility index (Phi) is 3.11. The number of carboxylic acids is 1. The molecule has 5 nitrogen and oxygen atoms in total. The van der Waals surface area contributed by atoms with Crippen LogP contribution >= 0.6 is 27.3 Å². The van der Waals surface area contributed by atoms with Crippen LogP contribution in [-0.4, -0.2) is 23.5 Å². The topological polar surface area (TPSA) is 76.4 Å². The average Bonchev–Trinajstić information content (AvgIpc) is 2.85. The Morgan fingerprint density at radius 3 is 2.53 bits per heavy atom. The molecule has 0 spiro atoms. The van der Waals surface area contributed by atoms with Crippen molar-refractivity contribution in [3.8, 4) is 0 Å². The molecule has 2 rings (SSSR count). The lowest BCUT2D eigenvalue weighted by Crippen LogP contribution is -2.09. The lowest BCUT2D eigenvalue weighted by atomic mass is 10.4. The molecule has 0 aliphatic rings. The molecule has 1 N–H and O–H groups in total. The molecule has 17 heavy (non-hydrogen) atoms. The zero-order valence-electron chi connectivity index (χ0n) is 8.20. The SMILES string of the molecule is O=C(O)c1ccn(S(=O)(=O)c2ccc(Br)s2)c1. The van der Waals surface area contributed by atoms with Crippen molar-refractivity contribution in [1.82, 2.24) is 3.97 Å². The maximum atomic E-state index is 12.0. The van der Waals surface area contributed by atoms with Crippen LogP contribution in [0.5, 0.6) is 0 Å². The third-order valence-electron chi connectivity index (χ3n) is 1.99. The van der Waals surface area contributed by atoms with Gasteiger partial charge in [0.1, 0.15) is 4.21 Å². The highest BCUT2D eigenvalue weighted by molar-refractivity contribution is 9.11. The molecule has 0 radical (unpaired) electrons. The van der Waals surface area contributed by atoms with Gasteiger partial charge in [0.05, 0.1) is 9.35 Å². The third kappa shape index (κ3) is 2.28. The predicted molar refractivity (Wildman–Crippen MR) is 66.0 cm³/mol. The van der Waals surface area contributed by atoms with E-state index < -0.39 is 16.0 Å². The highest BCUT2D eigenvalue weighted by Crippen LogP contribution is 2.27. The van der Waals surface area contributed by atoms with Crippen molar-refractivity contribution >= 4 is 43.3 Å². The van der Waals surface area contributed by atoms with Crippen LogP contribution in [0.25, 0.3) is 0 Å². The van der Waals surface area contributed by atoms with Gasteiger partial charge in [-0.1, -0.05) is 0 Å². The van der Waals surface area contributed by atoms with Crippen molar-refractivity contribution in [3.63, 3.8) is 0 Å². The molecule has 0 aliphatic carbocycles. The van der Waals surface area contributed by atoms with Gasteiger partial charge in [-0.15, -0.1) is 11.3 Å². The van der Waals surface area contributed by atoms with Crippen molar-refractivity contribution < 1.29 is 18.3 Å². The van der Waals surface area contributed by atoms with Crippen LogP contribution in [0.2, 0.25) is 0 Å². The molecule has 8 heteroatoms. The first-order valence-corrected chi connectivity index (χ1v) is 7.38. The van der Waals surface area contributed by atoms with E-state index in [-0.39, 0.29) is 9.77 Å². The second-order valence-corrected chi connectivity index (χ2v) is 7.63. The van der Waals surface area contributed by atoms with Crippen LogP contribution in [-0.2, 0) is 10.0 Å². The van der Waals surface area contributed by atoms with Crippen LogP contribution in [0, 0.1) is 0 Å². The predicted octanol–water partition coefficient (Wildman–Crippen LogP) is 2.25. The first-order chi connectivity index (χ1) is 7.91. The van der Waals surface area contributed by atoms with Gasteiger partial charge in [0.2, 0.25) is 0 Å². The quantitative estimate of drug-likeness (QED) is 0.933. The van der Waals surface area contributed by atoms with Gasteiger partial charge in [-0.2, -0.15) is 8.42 Å². The maximum Gasteiger partial charge on any atom is 0.337 e. The van der Waals surface area contributed by atoms with E-state index in [0.29, 0.717) is 3.79 Å². The first-order valence-electron chi connectivity index (χ1n) is 4.33. The van der Waals surface area contributed by atoms with Gasteiger partial charge in [-0.05, 0) is 34.1 Å². The van der Waals surface area contributed by atoms with Crippen LogP contribution < -0.4 is 0 Å². The molecule has 0 saturated heterocycles. The Balaban J connectivity index is 2.48. The Labute approximate surface area is 109 Å². The van der Waals surface area contributed by atoms with E-state index in [1.165, 1.54) is 18.3 Å². The number of aromatic carboxylic acids is 1. The molecule has 2 aromatic rings. The lowest BCUT2D eigenvalue weighted by Gasteiger charge is -2.01. The minimum absolute atomic E-state index is 0.0656. The van der Waals surface area contributed by atoms with Gasteiger partial charge < -0.3 is 5.11 Å². The highest BCUT2D eigenvalue weighted by atomic mass is 79.9. The summed E-state index contributed by atoms with van der Waals surface area (Å²) in [5.74, 6) is -1.16. The number of hydrogen-bond acceptors (Lipinski definition) is 4. The van der Waals surface area contributed by atoms with Gasteiger partial charge in [-0.25, -0.2) is 8.77 Å². The van der Waals surface area contributed by atoms with E-state index >= 15 is 0 Å². The normalized spacial score (nSPS) is 11.6. The van der Waals surface area contributed by atoms with Gasteiger partial charge in [-0.3, -0.25) is 0 Å². The van der Waals surface area contributed by atoms with Gasteiger partial charge in [0, 0.05) is 12.4 Å². The highest BCUT2D eigenvalue weighted by Gasteiger charge is 2.20. The molecule has 0 amide bonds. The van der Waals surface area contributed by atoms with E-state index in [1.54, 1.807) is 6.07 Å². The van der Waals surface area contributed by atoms with E-state index in [2.05, 4.69) is 15.9 Å². The molecule has 0 aliphatic heterocycles. The molecule has 90 valence electrons. The molecule has 0 saturated carbocycles. The summed E-state index contributed by atoms with van der Waals surface area (Å²) < 4.78 is 25.8. The molecule has 0 atom stereocenters. The standard InChI is InChI=1S/C9H6BrNO4S2/c10-7-1-2-8(16-7)17(14,15)11-4-3-6(5-11)9(12)13/h1-5H,(H,12,13). The molecule has 0 fully saturated rings. The fraction of sp³-hybridized carbons (Fsp3) is 0. The lowest BCUT2D eigenvalue weighted by molar-refractivity contribution is 0.0697. The summed E-state index contributed by atoms with van der Waals surface area (Å²) in [5, 5.41) is 8.73. The fourth-order valence-corrected chi connectivity index (χ4v) is 4.50. The minimum atomic E-state index is -3.69. The fourth-order valence-electron chi connectivity index (χ4n) is 1.19. The second-order valence-electron chi connectivity index (χ2n) is 3.10. The van der Waals surface area contributed by atoms with Crippen LogP contribution in [0.3, 0.4) is 0 Å². The summed E-state index contributed by atoms with van der Waals surface area (Å²) >= 11 is 4.24. The maximum absolute atomic E-state index is 12.0. The number of halogens is 1. The Hall–Kier alpha value is -1.12. The van der Waals surface area contributed by atoms with E-state index in [1.807, 2.05) is 0 Å². The van der Waals surface area contributed by atoms with Crippen LogP contribution in [0.4, 0.5) is 0 Å². The first kappa shape index (κ1) is 12.3. The summed E-state index contributed by atoms with van der Waals surface area (Å²) in [6.45, 7) is 0. The van der Waals surface area contributed by atoms with E-state index in [0.717, 1.165) is 21.5 Å². The summed E-state index contributed by atoms with van der Waals surface area (Å²) in [6, 6.07) is 4.33. The molecule has 2 aromatic heterocycles. The number of thiophene rings is 1. The summed E-state index contributed by atoms with van der Waals surface area (Å²) in [5.41, 5.74) is -0.0656. The van der Waals surface area contributed by atoms with Gasteiger partial charge in [0.15, 0.2) is 0 Å². The molecular formula is C9H6BrNO4S2. The monoisotopic (exact) mass is 335 g/mol. The zero-order chi connectivity index (χ0) is 12.6. The number of carboxylic acid groups (broad SMARTS) is 1. The number of nitrogens with zero attached hydrogens (tertiary/aromatic N) is 1. The summed E-state index contributed by atoms with van der Waals surface area (Å²) in [4.78, 5) is 10.7. The number of rotatable bonds is 3. The molecular weight excluding hydrogens is 330 g/mol. The van der Waals surface area contributed by atoms with E-state index in [9.17, 15) is 13.2 Å². The van der Waals surface area contributed by atoms with Crippen molar-refractivity contribution in [2.75, 3.05) is 0 Å². The summed E-state index contributed by atoms with van der Waals surface area (Å²) in [7, 11) is -3.69. The number of carbonyl (C=O) groups is 1. The number of hydrogen-bond donors (Lipinski definition) is 1. The molecule has 0 aromatic carbocycles. The van der Waals surface area contributed by atoms with Gasteiger partial charge >= 0.3 is 5.97 Å². The van der Waals surface area contributed by atoms with Crippen molar-refractivity contribution in [3.05, 3.63) is 39.9 Å². The van der Waals surface area contributed by atoms with Crippen molar-refractivity contribution in [2.24, 2.45) is 0 Å². The largest absolute Gasteiger partial charge is 0.478 e. The number of aromatic nitrogens is 1. The molecule has 0 unspecified atom stereocenters. The Morgan fingerprint density at radius 2 is 2.06 bits per heavy atom. The Morgan fingerprint density at radius 1 is 1.35 bits per heavy atom. The van der Waals surface area contributed by atoms with Crippen LogP contribution in [0.1, 0.15) is 10.4 Å². The van der Waals surface area contributed by atoms with Crippen molar-refractivity contribution in [2.45, 2.75) is 4.21 Å². The van der Waals surface area contributed by atoms with Crippen molar-refractivity contribution in [1.29, 1.82) is 0 Å². The zero-order valence-corrected chi connectivity index (χ0v) is 11.4. The molecule has 0 bridgehead atoms. The second kappa shape index (κ2) is 4.28. The molecule has 2 heterocycles. The van der Waals surface area contributed by atoms with E-state index in [4.69, 9.17) is 5.11 Å². The minimum Gasteiger partial charge on any atom is -0.478 e. The van der Waals surface area contributed by atoms with Gasteiger partial charge in [0.25, 0.3) is 10.0 Å². The van der Waals surface area contributed by atoms with Crippen LogP contribution in [0.15, 0.2) is 38.6 Å². The third-order valence-corrected chi connectivity index (χ3v) is 5.72. The summed E-state index contributed by atoms with van der Waals surface area (Å²) in [6.07, 6.45) is 2.29.